The van der Waals surface area contributed by atoms with Crippen LogP contribution in [0, 0.1) is 5.92 Å². The van der Waals surface area contributed by atoms with Crippen LogP contribution in [0.3, 0.4) is 0 Å². The molecule has 0 radical (unpaired) electrons. The lowest BCUT2D eigenvalue weighted by atomic mass is 9.75. The van der Waals surface area contributed by atoms with E-state index >= 15 is 0 Å². The van der Waals surface area contributed by atoms with Gasteiger partial charge in [-0.3, -0.25) is 9.79 Å². The van der Waals surface area contributed by atoms with Crippen molar-refractivity contribution < 1.29 is 23.8 Å². The van der Waals surface area contributed by atoms with Crippen LogP contribution in [0.4, 0.5) is 0 Å². The summed E-state index contributed by atoms with van der Waals surface area (Å²) in [6, 6.07) is 13.0. The number of esters is 1. The number of rotatable bonds is 6. The second-order valence-corrected chi connectivity index (χ2v) is 7.43. The Hall–Kier alpha value is -3.41. The lowest BCUT2D eigenvalue weighted by molar-refractivity contribution is -0.139. The number of fused-ring (bicyclic) bond motifs is 3. The molecule has 2 atom stereocenters. The highest BCUT2D eigenvalue weighted by Crippen LogP contribution is 2.47. The van der Waals surface area contributed by atoms with Crippen molar-refractivity contribution in [3.63, 3.8) is 0 Å². The Balaban J connectivity index is 1.92. The predicted molar refractivity (Wildman–Crippen MR) is 117 cm³/mol. The zero-order chi connectivity index (χ0) is 22.1. The summed E-state index contributed by atoms with van der Waals surface area (Å²) >= 11 is 0. The second-order valence-electron chi connectivity index (χ2n) is 7.43. The van der Waals surface area contributed by atoms with Gasteiger partial charge in [0.15, 0.2) is 17.3 Å². The maximum Gasteiger partial charge on any atom is 0.336 e. The zero-order valence-electron chi connectivity index (χ0n) is 18.1. The van der Waals surface area contributed by atoms with Crippen molar-refractivity contribution in [1.29, 1.82) is 0 Å². The molecule has 160 valence electrons. The van der Waals surface area contributed by atoms with Gasteiger partial charge in [-0.25, -0.2) is 4.79 Å². The number of nitrogens with zero attached hydrogens (tertiary/aromatic N) is 1. The molecule has 2 aromatic carbocycles. The molecule has 4 rings (SSSR count). The average molecular weight is 419 g/mol. The van der Waals surface area contributed by atoms with E-state index in [1.807, 2.05) is 43.3 Å². The summed E-state index contributed by atoms with van der Waals surface area (Å²) in [6.07, 6.45) is 0. The molecule has 0 N–H and O–H groups in total. The van der Waals surface area contributed by atoms with Crippen molar-refractivity contribution in [1.82, 2.24) is 0 Å². The van der Waals surface area contributed by atoms with Crippen LogP contribution in [0.25, 0.3) is 0 Å². The van der Waals surface area contributed by atoms with E-state index in [9.17, 15) is 9.59 Å². The van der Waals surface area contributed by atoms with Crippen LogP contribution in [-0.4, -0.2) is 37.8 Å². The summed E-state index contributed by atoms with van der Waals surface area (Å²) in [7, 11) is 1.58. The normalized spacial score (nSPS) is 19.5. The standard InChI is InChI=1S/C25H25NO5/c1-5-30-19-13-15(11-12-18(19)29-4)21-20(25(28)31-6-2)14(3)26-23-16-9-7-8-10-17(16)24(27)22(21)23/h7-13,21-22H,5-6H2,1-4H3/t21-,22?/m1/s1. The molecule has 1 unspecified atom stereocenters. The van der Waals surface area contributed by atoms with Crippen molar-refractivity contribution >= 4 is 17.5 Å². The minimum Gasteiger partial charge on any atom is -0.493 e. The first-order valence-corrected chi connectivity index (χ1v) is 10.4. The van der Waals surface area contributed by atoms with Gasteiger partial charge in [0.1, 0.15) is 0 Å². The van der Waals surface area contributed by atoms with Gasteiger partial charge in [0.2, 0.25) is 0 Å². The number of ether oxygens (including phenoxy) is 3. The van der Waals surface area contributed by atoms with Crippen LogP contribution < -0.4 is 9.47 Å². The molecule has 1 aliphatic carbocycles. The van der Waals surface area contributed by atoms with Gasteiger partial charge in [0.25, 0.3) is 0 Å². The Morgan fingerprint density at radius 2 is 1.74 bits per heavy atom. The second kappa shape index (κ2) is 8.38. The van der Waals surface area contributed by atoms with Crippen LogP contribution in [0.5, 0.6) is 11.5 Å². The number of aliphatic imine (C=N–C) groups is 1. The lowest BCUT2D eigenvalue weighted by Gasteiger charge is -2.30. The summed E-state index contributed by atoms with van der Waals surface area (Å²) in [5.74, 6) is -0.460. The smallest absolute Gasteiger partial charge is 0.336 e. The van der Waals surface area contributed by atoms with Gasteiger partial charge in [0, 0.05) is 22.7 Å². The molecule has 1 heterocycles. The van der Waals surface area contributed by atoms with Gasteiger partial charge in [-0.1, -0.05) is 30.3 Å². The molecule has 0 saturated carbocycles. The van der Waals surface area contributed by atoms with Crippen molar-refractivity contribution in [3.05, 3.63) is 70.4 Å². The molecular formula is C25H25NO5. The first-order chi connectivity index (χ1) is 15.0. The van der Waals surface area contributed by atoms with Crippen molar-refractivity contribution in [3.8, 4) is 11.5 Å². The van der Waals surface area contributed by atoms with E-state index in [2.05, 4.69) is 0 Å². The maximum absolute atomic E-state index is 13.5. The van der Waals surface area contributed by atoms with Gasteiger partial charge >= 0.3 is 5.97 Å². The molecule has 0 bridgehead atoms. The lowest BCUT2D eigenvalue weighted by Crippen LogP contribution is -2.32. The predicted octanol–water partition coefficient (Wildman–Crippen LogP) is 4.33. The number of benzene rings is 2. The van der Waals surface area contributed by atoms with E-state index in [1.165, 1.54) is 0 Å². The Kier molecular flexibility index (Phi) is 5.63. The fraction of sp³-hybridized carbons (Fsp3) is 0.320. The summed E-state index contributed by atoms with van der Waals surface area (Å²) in [5, 5.41) is 0. The van der Waals surface area contributed by atoms with Crippen LogP contribution in [0.1, 0.15) is 48.2 Å². The highest BCUT2D eigenvalue weighted by atomic mass is 16.5. The third-order valence-electron chi connectivity index (χ3n) is 5.71. The Morgan fingerprint density at radius 3 is 2.42 bits per heavy atom. The molecule has 0 saturated heterocycles. The molecule has 2 aliphatic rings. The van der Waals surface area contributed by atoms with E-state index in [0.29, 0.717) is 40.7 Å². The molecule has 1 aliphatic heterocycles. The van der Waals surface area contributed by atoms with E-state index in [-0.39, 0.29) is 12.4 Å². The van der Waals surface area contributed by atoms with E-state index < -0.39 is 17.8 Å². The maximum atomic E-state index is 13.5. The van der Waals surface area contributed by atoms with Crippen LogP contribution in [0.15, 0.2) is 58.7 Å². The summed E-state index contributed by atoms with van der Waals surface area (Å²) in [4.78, 5) is 31.2. The zero-order valence-corrected chi connectivity index (χ0v) is 18.1. The van der Waals surface area contributed by atoms with Gasteiger partial charge in [-0.2, -0.15) is 0 Å². The third kappa shape index (κ3) is 3.42. The summed E-state index contributed by atoms with van der Waals surface area (Å²) in [6.45, 7) is 6.15. The first kappa shape index (κ1) is 20.8. The number of methoxy groups -OCH3 is 1. The quantitative estimate of drug-likeness (QED) is 0.652. The van der Waals surface area contributed by atoms with Crippen molar-refractivity contribution in [2.24, 2.45) is 10.9 Å². The molecule has 0 spiro atoms. The summed E-state index contributed by atoms with van der Waals surface area (Å²) in [5.41, 5.74) is 3.91. The molecule has 31 heavy (non-hydrogen) atoms. The molecule has 0 aromatic heterocycles. The largest absolute Gasteiger partial charge is 0.493 e. The van der Waals surface area contributed by atoms with Gasteiger partial charge in [-0.15, -0.1) is 0 Å². The number of Topliss-reactive ketones (excluding diaryl/α,β-unsaturated/α-hetero) is 1. The van der Waals surface area contributed by atoms with E-state index in [4.69, 9.17) is 19.2 Å². The first-order valence-electron chi connectivity index (χ1n) is 10.4. The minimum atomic E-state index is -0.594. The number of carbonyl (C=O) groups is 2. The highest BCUT2D eigenvalue weighted by molar-refractivity contribution is 6.30. The minimum absolute atomic E-state index is 0.0394. The van der Waals surface area contributed by atoms with Crippen LogP contribution in [-0.2, 0) is 9.53 Å². The van der Waals surface area contributed by atoms with Gasteiger partial charge < -0.3 is 14.2 Å². The fourth-order valence-electron chi connectivity index (χ4n) is 4.45. The van der Waals surface area contributed by atoms with Crippen molar-refractivity contribution in [2.45, 2.75) is 26.7 Å². The Morgan fingerprint density at radius 1 is 1.00 bits per heavy atom. The molecule has 0 fully saturated rings. The average Bonchev–Trinajstić information content (AvgIpc) is 3.05. The topological polar surface area (TPSA) is 74.2 Å². The Labute approximate surface area is 181 Å². The number of hydrogen-bond acceptors (Lipinski definition) is 6. The number of allylic oxidation sites excluding steroid dienone is 1. The molecular weight excluding hydrogens is 394 g/mol. The summed E-state index contributed by atoms with van der Waals surface area (Å²) < 4.78 is 16.5. The van der Waals surface area contributed by atoms with E-state index in [1.54, 1.807) is 27.0 Å². The van der Waals surface area contributed by atoms with Crippen LogP contribution in [0.2, 0.25) is 0 Å². The van der Waals surface area contributed by atoms with Gasteiger partial charge in [-0.05, 0) is 38.5 Å². The molecule has 2 aromatic rings. The number of hydrogen-bond donors (Lipinski definition) is 0. The Bertz CT molecular complexity index is 1110. The SMILES string of the molecule is CCOC(=O)C1=C(C)N=C2c3ccccc3C(=O)C2[C@@H]1c1ccc(OC)c(OCC)c1. The molecule has 0 amide bonds. The van der Waals surface area contributed by atoms with Crippen LogP contribution >= 0.6 is 0 Å². The monoisotopic (exact) mass is 419 g/mol. The fourth-order valence-corrected chi connectivity index (χ4v) is 4.45. The number of carbonyl (C=O) groups excluding carboxylic acids is 2. The highest BCUT2D eigenvalue weighted by Gasteiger charge is 2.48. The molecule has 6 heteroatoms. The third-order valence-corrected chi connectivity index (χ3v) is 5.71. The molecule has 6 nitrogen and oxygen atoms in total. The van der Waals surface area contributed by atoms with Crippen molar-refractivity contribution in [2.75, 3.05) is 20.3 Å². The van der Waals surface area contributed by atoms with Gasteiger partial charge in [0.05, 0.1) is 37.5 Å². The van der Waals surface area contributed by atoms with E-state index in [0.717, 1.165) is 11.1 Å². The number of ketones is 1.